The molecule has 1 aliphatic carbocycles. The van der Waals surface area contributed by atoms with Crippen LogP contribution in [0.1, 0.15) is 138 Å². The van der Waals surface area contributed by atoms with Gasteiger partial charge in [-0.05, 0) is 121 Å². The van der Waals surface area contributed by atoms with Crippen molar-refractivity contribution in [2.45, 2.75) is 187 Å². The van der Waals surface area contributed by atoms with Crippen molar-refractivity contribution in [3.63, 3.8) is 0 Å². The molecule has 4 rings (SSSR count). The number of aliphatic hydroxyl groups is 2. The molecule has 0 aromatic heterocycles. The summed E-state index contributed by atoms with van der Waals surface area (Å²) in [6.45, 7) is 13.1. The summed E-state index contributed by atoms with van der Waals surface area (Å²) in [5.74, 6) is -7.85. The quantitative estimate of drug-likeness (QED) is 0.0977. The summed E-state index contributed by atoms with van der Waals surface area (Å²) in [4.78, 5) is 72.1. The Kier molecular flexibility index (Phi) is 23.3. The predicted molar refractivity (Wildman–Crippen MR) is 267 cm³/mol. The molecule has 0 unspecified atom stereocenters. The fourth-order valence-electron chi connectivity index (χ4n) is 10.6. The van der Waals surface area contributed by atoms with Gasteiger partial charge in [0, 0.05) is 57.8 Å². The molecule has 396 valence electrons. The number of cyclic esters (lactones) is 1. The number of methoxy groups -OCH3 is 2. The number of fused-ring (bicyclic) bond motifs is 3. The molecule has 3 aliphatic heterocycles. The van der Waals surface area contributed by atoms with Crippen LogP contribution in [0.15, 0.2) is 47.6 Å². The van der Waals surface area contributed by atoms with E-state index in [2.05, 4.69) is 0 Å². The second-order valence-electron chi connectivity index (χ2n) is 21.1. The number of aliphatic hydroxyl groups excluding tert-OH is 1. The average molecular weight is 1000 g/mol. The van der Waals surface area contributed by atoms with Crippen LogP contribution in [-0.2, 0) is 57.5 Å². The summed E-state index contributed by atoms with van der Waals surface area (Å²) in [6.07, 6.45) is 15.0. The lowest BCUT2D eigenvalue weighted by Crippen LogP contribution is -2.60. The van der Waals surface area contributed by atoms with Gasteiger partial charge in [-0.25, -0.2) is 13.2 Å². The third kappa shape index (κ3) is 17.1. The van der Waals surface area contributed by atoms with E-state index in [0.717, 1.165) is 12.0 Å². The number of sulfone groups is 1. The van der Waals surface area contributed by atoms with Crippen molar-refractivity contribution in [1.82, 2.24) is 4.90 Å². The van der Waals surface area contributed by atoms with Crippen LogP contribution in [0, 0.1) is 35.5 Å². The van der Waals surface area contributed by atoms with Crippen LogP contribution in [0.2, 0.25) is 0 Å². The Hall–Kier alpha value is -3.38. The van der Waals surface area contributed by atoms with Crippen LogP contribution in [0.5, 0.6) is 0 Å². The maximum absolute atomic E-state index is 14.5. The number of piperidine rings is 1. The normalized spacial score (nSPS) is 37.5. The molecule has 70 heavy (non-hydrogen) atoms. The maximum atomic E-state index is 14.5. The highest BCUT2D eigenvalue weighted by Gasteiger charge is 2.53. The third-order valence-corrected chi connectivity index (χ3v) is 16.1. The monoisotopic (exact) mass is 1000 g/mol. The smallest absolute Gasteiger partial charge is 0.329 e. The highest BCUT2D eigenvalue weighted by molar-refractivity contribution is 7.90. The van der Waals surface area contributed by atoms with E-state index in [0.29, 0.717) is 76.2 Å². The van der Waals surface area contributed by atoms with Gasteiger partial charge in [-0.3, -0.25) is 19.2 Å². The number of carbonyl (C=O) groups is 5. The van der Waals surface area contributed by atoms with Gasteiger partial charge in [0.25, 0.3) is 11.7 Å². The third-order valence-electron chi connectivity index (χ3n) is 15.1. The first-order valence-electron chi connectivity index (χ1n) is 25.7. The molecule has 2 bridgehead atoms. The van der Waals surface area contributed by atoms with Crippen molar-refractivity contribution in [3.05, 3.63) is 47.6 Å². The molecule has 0 radical (unpaired) electrons. The Morgan fingerprint density at radius 3 is 2.31 bits per heavy atom. The van der Waals surface area contributed by atoms with E-state index in [-0.39, 0.29) is 73.3 Å². The predicted octanol–water partition coefficient (Wildman–Crippen LogP) is 7.01. The minimum absolute atomic E-state index is 0.0325. The molecule has 0 aromatic rings. The SMILES string of the molecule is CO[C@@H]1C[C@H](C[C@@H](C)[C@@H]2CC(=O)[C@H](C)/C=C(\C)[C@@H](O)[C@@H](OC)C(=O)[C@H](C)C[C@H](C)/C=C/C=C/C=C(\C)CC[C@@H]3CC[C@@H](C)[C@@](O)(O3)C(=O)C(=O)N3CCCC[C@H]3C(=O)O2)CC[C@H]1OCCCS(C)(=O)=O. The number of hydrogen-bond acceptors (Lipinski definition) is 14. The van der Waals surface area contributed by atoms with Gasteiger partial charge in [0.15, 0.2) is 5.78 Å². The molecule has 15 nitrogen and oxygen atoms in total. The molecule has 14 atom stereocenters. The second kappa shape index (κ2) is 27.6. The molecular formula is C54H85NO14S. The van der Waals surface area contributed by atoms with E-state index in [1.807, 2.05) is 58.1 Å². The molecule has 3 heterocycles. The Labute approximate surface area is 418 Å². The first-order chi connectivity index (χ1) is 33.0. The van der Waals surface area contributed by atoms with Gasteiger partial charge in [0.05, 0.1) is 24.1 Å². The summed E-state index contributed by atoms with van der Waals surface area (Å²) in [5.41, 5.74) is 1.43. The van der Waals surface area contributed by atoms with Crippen LogP contribution in [0.25, 0.3) is 0 Å². The highest BCUT2D eigenvalue weighted by atomic mass is 32.2. The molecular weight excluding hydrogens is 919 g/mol. The first-order valence-corrected chi connectivity index (χ1v) is 27.8. The summed E-state index contributed by atoms with van der Waals surface area (Å²) >= 11 is 0. The zero-order chi connectivity index (χ0) is 51.9. The van der Waals surface area contributed by atoms with E-state index in [9.17, 15) is 42.6 Å². The van der Waals surface area contributed by atoms with E-state index in [1.165, 1.54) is 18.3 Å². The van der Waals surface area contributed by atoms with Crippen LogP contribution in [-0.4, -0.2) is 141 Å². The minimum Gasteiger partial charge on any atom is -0.460 e. The number of allylic oxidation sites excluding steroid dienone is 7. The fraction of sp³-hybridized carbons (Fsp3) is 0.759. The van der Waals surface area contributed by atoms with Crippen molar-refractivity contribution < 1.29 is 66.3 Å². The summed E-state index contributed by atoms with van der Waals surface area (Å²) in [6, 6.07) is -1.14. The number of rotatable bonds is 10. The van der Waals surface area contributed by atoms with Crippen molar-refractivity contribution in [2.75, 3.05) is 39.4 Å². The Morgan fingerprint density at radius 1 is 0.900 bits per heavy atom. The van der Waals surface area contributed by atoms with Gasteiger partial charge in [-0.2, -0.15) is 0 Å². The number of hydrogen-bond donors (Lipinski definition) is 2. The van der Waals surface area contributed by atoms with Crippen molar-refractivity contribution in [1.29, 1.82) is 0 Å². The average Bonchev–Trinajstić information content (AvgIpc) is 3.31. The Bertz CT molecular complexity index is 2010. The summed E-state index contributed by atoms with van der Waals surface area (Å²) in [5, 5.41) is 23.4. The van der Waals surface area contributed by atoms with Crippen molar-refractivity contribution >= 4 is 39.1 Å². The van der Waals surface area contributed by atoms with Gasteiger partial charge in [-0.15, -0.1) is 0 Å². The number of amides is 1. The minimum atomic E-state index is -3.12. The lowest BCUT2D eigenvalue weighted by molar-refractivity contribution is -0.263. The van der Waals surface area contributed by atoms with Crippen LogP contribution in [0.4, 0.5) is 0 Å². The van der Waals surface area contributed by atoms with Gasteiger partial charge in [-0.1, -0.05) is 76.6 Å². The lowest BCUT2D eigenvalue weighted by atomic mass is 9.78. The van der Waals surface area contributed by atoms with E-state index >= 15 is 0 Å². The molecule has 0 aromatic carbocycles. The summed E-state index contributed by atoms with van der Waals surface area (Å²) < 4.78 is 53.3. The molecule has 1 amide bonds. The maximum Gasteiger partial charge on any atom is 0.329 e. The summed E-state index contributed by atoms with van der Waals surface area (Å²) in [7, 11) is -0.122. The van der Waals surface area contributed by atoms with Gasteiger partial charge < -0.3 is 38.8 Å². The van der Waals surface area contributed by atoms with Gasteiger partial charge in [0.2, 0.25) is 5.79 Å². The van der Waals surface area contributed by atoms with Crippen LogP contribution in [0.3, 0.4) is 0 Å². The number of carbonyl (C=O) groups excluding carboxylic acids is 5. The van der Waals surface area contributed by atoms with E-state index in [1.54, 1.807) is 34.0 Å². The van der Waals surface area contributed by atoms with E-state index < -0.39 is 81.5 Å². The molecule has 4 aliphatic rings. The standard InChI is InChI=1S/C54H85NO14S/c1-34-17-12-11-13-18-35(2)29-38(5)48(57)50(66-9)49(58)39(6)30-36(3)44(56)33-46(37(4)31-41-22-25-45(47(32-41)65-8)67-27-16-28-70(10,63)64)68-53(61)43-19-14-15-26-55(43)52(60)51(59)54(62)40(7)21-24-42(69-54)23-20-34/h11-13,17-18,30,35-38,40-43,45-47,49-50,58,62H,14-16,19-29,31-33H2,1-10H3/b12-11+,18-13+,34-17+,39-30+/t35-,36-,37-,38-,40-,41+,42-,43+,45-,46+,47-,49-,50+,54-/m1/s1. The number of nitrogens with zero attached hydrogens (tertiary/aromatic N) is 1. The molecule has 2 saturated heterocycles. The second-order valence-corrected chi connectivity index (χ2v) is 23.4. The van der Waals surface area contributed by atoms with Crippen LogP contribution < -0.4 is 0 Å². The van der Waals surface area contributed by atoms with Crippen molar-refractivity contribution in [3.8, 4) is 0 Å². The topological polar surface area (TPSA) is 209 Å². The fourth-order valence-corrected chi connectivity index (χ4v) is 11.2. The molecule has 16 heteroatoms. The Morgan fingerprint density at radius 2 is 1.63 bits per heavy atom. The zero-order valence-corrected chi connectivity index (χ0v) is 44.5. The Balaban J connectivity index is 1.65. The number of ether oxygens (including phenoxy) is 5. The largest absolute Gasteiger partial charge is 0.460 e. The molecule has 0 spiro atoms. The number of esters is 1. The van der Waals surface area contributed by atoms with Gasteiger partial charge >= 0.3 is 5.97 Å². The van der Waals surface area contributed by atoms with Crippen molar-refractivity contribution in [2.24, 2.45) is 35.5 Å². The zero-order valence-electron chi connectivity index (χ0n) is 43.6. The number of ketones is 3. The van der Waals surface area contributed by atoms with E-state index in [4.69, 9.17) is 23.7 Å². The lowest BCUT2D eigenvalue weighted by Gasteiger charge is -2.42. The first kappa shape index (κ1) is 59.2. The molecule has 2 N–H and O–H groups in total. The molecule has 3 fully saturated rings. The number of Topliss-reactive ketones (excluding diaryl/α,β-unsaturated/α-hetero) is 3. The van der Waals surface area contributed by atoms with Crippen LogP contribution >= 0.6 is 0 Å². The highest BCUT2D eigenvalue weighted by Crippen LogP contribution is 2.38. The molecule has 1 saturated carbocycles. The van der Waals surface area contributed by atoms with Gasteiger partial charge in [0.1, 0.15) is 40.0 Å².